The van der Waals surface area contributed by atoms with Crippen molar-refractivity contribution >= 4 is 11.0 Å². The minimum absolute atomic E-state index is 0.169. The number of fused-ring (bicyclic) bond motifs is 1. The normalized spacial score (nSPS) is 10.8. The van der Waals surface area contributed by atoms with Gasteiger partial charge in [-0.15, -0.1) is 6.58 Å². The quantitative estimate of drug-likeness (QED) is 0.668. The molecule has 0 radical (unpaired) electrons. The molecular weight excluding hydrogens is 286 g/mol. The minimum atomic E-state index is -0.727. The largest absolute Gasteiger partial charge is 0.456 e. The summed E-state index contributed by atoms with van der Waals surface area (Å²) in [5.74, 6) is -1.28. The van der Waals surface area contributed by atoms with Gasteiger partial charge in [0.2, 0.25) is 0 Å². The first kappa shape index (κ1) is 14.2. The Morgan fingerprint density at radius 1 is 1.09 bits per heavy atom. The van der Waals surface area contributed by atoms with Gasteiger partial charge in [0.05, 0.1) is 5.39 Å². The summed E-state index contributed by atoms with van der Waals surface area (Å²) >= 11 is 0. The third kappa shape index (κ3) is 2.44. The van der Waals surface area contributed by atoms with Crippen molar-refractivity contribution in [3.05, 3.63) is 82.5 Å². The summed E-state index contributed by atoms with van der Waals surface area (Å²) in [4.78, 5) is 12.6. The van der Waals surface area contributed by atoms with Crippen LogP contribution in [0.5, 0.6) is 0 Å². The van der Waals surface area contributed by atoms with Gasteiger partial charge in [-0.3, -0.25) is 4.79 Å². The van der Waals surface area contributed by atoms with Crippen molar-refractivity contribution in [3.63, 3.8) is 0 Å². The van der Waals surface area contributed by atoms with Gasteiger partial charge in [0.1, 0.15) is 23.0 Å². The van der Waals surface area contributed by atoms with Gasteiger partial charge in [0.15, 0.2) is 5.43 Å². The van der Waals surface area contributed by atoms with Crippen LogP contribution in [0.3, 0.4) is 0 Å². The Balaban J connectivity index is 2.38. The molecule has 0 bridgehead atoms. The second-order valence-electron chi connectivity index (χ2n) is 4.89. The first-order valence-electron chi connectivity index (χ1n) is 6.72. The van der Waals surface area contributed by atoms with Crippen LogP contribution < -0.4 is 5.43 Å². The molecule has 2 aromatic carbocycles. The van der Waals surface area contributed by atoms with E-state index in [0.29, 0.717) is 16.5 Å². The Bertz CT molecular complexity index is 906. The number of hydrogen-bond acceptors (Lipinski definition) is 2. The highest BCUT2D eigenvalue weighted by molar-refractivity contribution is 5.80. The summed E-state index contributed by atoms with van der Waals surface area (Å²) < 4.78 is 32.7. The van der Waals surface area contributed by atoms with Crippen LogP contribution in [-0.4, -0.2) is 0 Å². The van der Waals surface area contributed by atoms with E-state index in [1.807, 2.05) is 0 Å². The predicted octanol–water partition coefficient (Wildman–Crippen LogP) is 4.47. The molecule has 0 fully saturated rings. The molecule has 0 aliphatic heterocycles. The summed E-state index contributed by atoms with van der Waals surface area (Å²) in [5.41, 5.74) is 0.678. The SMILES string of the molecule is C=CCc1c(-c2cc(F)cc(F)c2)oc2ccccc2c1=O. The van der Waals surface area contributed by atoms with Gasteiger partial charge < -0.3 is 4.42 Å². The molecule has 0 N–H and O–H groups in total. The zero-order valence-electron chi connectivity index (χ0n) is 11.6. The van der Waals surface area contributed by atoms with Crippen molar-refractivity contribution in [2.75, 3.05) is 0 Å². The summed E-state index contributed by atoms with van der Waals surface area (Å²) in [6.07, 6.45) is 1.81. The van der Waals surface area contributed by atoms with E-state index in [2.05, 4.69) is 6.58 Å². The van der Waals surface area contributed by atoms with Gasteiger partial charge in [0.25, 0.3) is 0 Å². The first-order valence-corrected chi connectivity index (χ1v) is 6.72. The zero-order valence-corrected chi connectivity index (χ0v) is 11.6. The smallest absolute Gasteiger partial charge is 0.196 e. The van der Waals surface area contributed by atoms with Crippen molar-refractivity contribution in [2.45, 2.75) is 6.42 Å². The van der Waals surface area contributed by atoms with Crippen LogP contribution in [0.1, 0.15) is 5.56 Å². The molecule has 0 saturated heterocycles. The zero-order chi connectivity index (χ0) is 15.7. The number of para-hydroxylation sites is 1. The van der Waals surface area contributed by atoms with Gasteiger partial charge >= 0.3 is 0 Å². The van der Waals surface area contributed by atoms with Gasteiger partial charge in [-0.25, -0.2) is 8.78 Å². The molecule has 0 atom stereocenters. The lowest BCUT2D eigenvalue weighted by atomic mass is 10.0. The lowest BCUT2D eigenvalue weighted by Gasteiger charge is -2.09. The number of benzene rings is 2. The Morgan fingerprint density at radius 3 is 2.45 bits per heavy atom. The van der Waals surface area contributed by atoms with Crippen molar-refractivity contribution in [2.24, 2.45) is 0 Å². The molecule has 0 unspecified atom stereocenters. The van der Waals surface area contributed by atoms with Crippen LogP contribution in [0.25, 0.3) is 22.3 Å². The highest BCUT2D eigenvalue weighted by Crippen LogP contribution is 2.27. The summed E-state index contributed by atoms with van der Waals surface area (Å²) in [6, 6.07) is 9.82. The topological polar surface area (TPSA) is 30.2 Å². The second-order valence-corrected chi connectivity index (χ2v) is 4.89. The standard InChI is InChI=1S/C18H12F2O2/c1-2-5-15-17(21)14-6-3-4-7-16(14)22-18(15)11-8-12(19)10-13(20)9-11/h2-4,6-10H,1,5H2. The molecule has 1 aromatic heterocycles. The molecule has 1 heterocycles. The van der Waals surface area contributed by atoms with Crippen molar-refractivity contribution < 1.29 is 13.2 Å². The average molecular weight is 298 g/mol. The summed E-state index contributed by atoms with van der Waals surface area (Å²) in [7, 11) is 0. The highest BCUT2D eigenvalue weighted by Gasteiger charge is 2.16. The van der Waals surface area contributed by atoms with E-state index >= 15 is 0 Å². The maximum Gasteiger partial charge on any atom is 0.196 e. The predicted molar refractivity (Wildman–Crippen MR) is 81.7 cm³/mol. The van der Waals surface area contributed by atoms with E-state index in [0.717, 1.165) is 18.2 Å². The fraction of sp³-hybridized carbons (Fsp3) is 0.0556. The van der Waals surface area contributed by atoms with Crippen LogP contribution in [0.2, 0.25) is 0 Å². The molecule has 0 amide bonds. The molecule has 110 valence electrons. The molecule has 22 heavy (non-hydrogen) atoms. The van der Waals surface area contributed by atoms with Gasteiger partial charge in [-0.05, 0) is 30.7 Å². The molecule has 3 aromatic rings. The molecule has 0 saturated carbocycles. The van der Waals surface area contributed by atoms with Crippen LogP contribution in [0.15, 0.2) is 64.3 Å². The third-order valence-corrected chi connectivity index (χ3v) is 3.37. The maximum absolute atomic E-state index is 13.5. The van der Waals surface area contributed by atoms with E-state index in [1.165, 1.54) is 0 Å². The third-order valence-electron chi connectivity index (χ3n) is 3.37. The number of rotatable bonds is 3. The first-order chi connectivity index (χ1) is 10.6. The van der Waals surface area contributed by atoms with E-state index in [9.17, 15) is 13.6 Å². The molecule has 0 spiro atoms. The van der Waals surface area contributed by atoms with Gasteiger partial charge in [0, 0.05) is 17.2 Å². The summed E-state index contributed by atoms with van der Waals surface area (Å²) in [6.45, 7) is 3.62. The number of hydrogen-bond donors (Lipinski definition) is 0. The van der Waals surface area contributed by atoms with Crippen molar-refractivity contribution in [3.8, 4) is 11.3 Å². The van der Waals surface area contributed by atoms with Crippen molar-refractivity contribution in [1.82, 2.24) is 0 Å². The van der Waals surface area contributed by atoms with Crippen LogP contribution >= 0.6 is 0 Å². The molecule has 4 heteroatoms. The van der Waals surface area contributed by atoms with Crippen LogP contribution in [-0.2, 0) is 6.42 Å². The van der Waals surface area contributed by atoms with Gasteiger partial charge in [-0.1, -0.05) is 18.2 Å². The van der Waals surface area contributed by atoms with Crippen LogP contribution in [0, 0.1) is 11.6 Å². The molecular formula is C18H12F2O2. The molecule has 2 nitrogen and oxygen atoms in total. The average Bonchev–Trinajstić information content (AvgIpc) is 2.49. The summed E-state index contributed by atoms with van der Waals surface area (Å²) in [5, 5.41) is 0.431. The van der Waals surface area contributed by atoms with E-state index in [4.69, 9.17) is 4.42 Å². The van der Waals surface area contributed by atoms with Crippen LogP contribution in [0.4, 0.5) is 8.78 Å². The van der Waals surface area contributed by atoms with E-state index < -0.39 is 11.6 Å². The minimum Gasteiger partial charge on any atom is -0.456 e. The lowest BCUT2D eigenvalue weighted by molar-refractivity contribution is 0.577. The second kappa shape index (κ2) is 5.56. The van der Waals surface area contributed by atoms with E-state index in [-0.39, 0.29) is 23.2 Å². The fourth-order valence-corrected chi connectivity index (χ4v) is 2.43. The molecule has 3 rings (SSSR count). The van der Waals surface area contributed by atoms with E-state index in [1.54, 1.807) is 30.3 Å². The van der Waals surface area contributed by atoms with Crippen molar-refractivity contribution in [1.29, 1.82) is 0 Å². The lowest BCUT2D eigenvalue weighted by Crippen LogP contribution is -2.10. The van der Waals surface area contributed by atoms with Gasteiger partial charge in [-0.2, -0.15) is 0 Å². The Labute approximate surface area is 125 Å². The fourth-order valence-electron chi connectivity index (χ4n) is 2.43. The molecule has 0 aliphatic rings. The maximum atomic E-state index is 13.5. The number of allylic oxidation sites excluding steroid dienone is 1. The Morgan fingerprint density at radius 2 is 1.77 bits per heavy atom. The molecule has 0 aliphatic carbocycles. The Kier molecular flexibility index (Phi) is 3.59. The Hall–Kier alpha value is -2.75. The highest BCUT2D eigenvalue weighted by atomic mass is 19.1. The monoisotopic (exact) mass is 298 g/mol. The number of halogens is 2.